The maximum Gasteiger partial charge on any atom is 0.251 e. The monoisotopic (exact) mass is 326 g/mol. The van der Waals surface area contributed by atoms with Gasteiger partial charge in [0.05, 0.1) is 6.54 Å². The highest BCUT2D eigenvalue weighted by atomic mass is 16.3. The first-order valence-corrected chi connectivity index (χ1v) is 7.84. The van der Waals surface area contributed by atoms with Crippen molar-refractivity contribution < 1.29 is 14.7 Å². The van der Waals surface area contributed by atoms with Crippen LogP contribution in [0.25, 0.3) is 0 Å². The zero-order valence-electron chi connectivity index (χ0n) is 13.9. The van der Waals surface area contributed by atoms with Crippen LogP contribution in [0.5, 0.6) is 0 Å². The quantitative estimate of drug-likeness (QED) is 0.761. The number of aliphatic hydroxyl groups is 1. The minimum Gasteiger partial charge on any atom is -0.396 e. The van der Waals surface area contributed by atoms with E-state index in [1.807, 2.05) is 32.0 Å². The fourth-order valence-electron chi connectivity index (χ4n) is 2.46. The number of hydrogen-bond acceptors (Lipinski definition) is 3. The van der Waals surface area contributed by atoms with Crippen molar-refractivity contribution in [3.63, 3.8) is 0 Å². The summed E-state index contributed by atoms with van der Waals surface area (Å²) in [7, 11) is 0. The normalized spacial score (nSPS) is 10.3. The second-order valence-corrected chi connectivity index (χ2v) is 5.78. The molecule has 0 aliphatic carbocycles. The van der Waals surface area contributed by atoms with Crippen LogP contribution in [-0.4, -0.2) is 30.1 Å². The van der Waals surface area contributed by atoms with Crippen molar-refractivity contribution >= 4 is 17.5 Å². The van der Waals surface area contributed by atoms with E-state index in [0.717, 1.165) is 16.7 Å². The van der Waals surface area contributed by atoms with Crippen molar-refractivity contribution in [1.29, 1.82) is 0 Å². The lowest BCUT2D eigenvalue weighted by atomic mass is 10.1. The van der Waals surface area contributed by atoms with Crippen LogP contribution < -0.4 is 10.6 Å². The summed E-state index contributed by atoms with van der Waals surface area (Å²) in [6.45, 7) is 3.86. The maximum atomic E-state index is 12.1. The van der Waals surface area contributed by atoms with Gasteiger partial charge in [0.15, 0.2) is 0 Å². The summed E-state index contributed by atoms with van der Waals surface area (Å²) >= 11 is 0. The number of hydrogen-bond donors (Lipinski definition) is 3. The molecule has 0 saturated heterocycles. The van der Waals surface area contributed by atoms with Gasteiger partial charge in [0, 0.05) is 17.9 Å². The Hall–Kier alpha value is -2.66. The van der Waals surface area contributed by atoms with E-state index in [1.54, 1.807) is 24.3 Å². The molecule has 0 bridgehead atoms. The summed E-state index contributed by atoms with van der Waals surface area (Å²) in [5.74, 6) is -0.558. The van der Waals surface area contributed by atoms with Crippen molar-refractivity contribution in [1.82, 2.24) is 5.32 Å². The summed E-state index contributed by atoms with van der Waals surface area (Å²) in [6, 6.07) is 12.8. The number of carbonyl (C=O) groups excluding carboxylic acids is 2. The second-order valence-electron chi connectivity index (χ2n) is 5.78. The highest BCUT2D eigenvalue weighted by molar-refractivity contribution is 5.99. The average Bonchev–Trinajstić information content (AvgIpc) is 2.54. The van der Waals surface area contributed by atoms with Gasteiger partial charge in [-0.15, -0.1) is 0 Å². The van der Waals surface area contributed by atoms with Gasteiger partial charge in [-0.1, -0.05) is 29.3 Å². The van der Waals surface area contributed by atoms with Gasteiger partial charge in [-0.3, -0.25) is 9.59 Å². The Morgan fingerprint density at radius 2 is 1.62 bits per heavy atom. The van der Waals surface area contributed by atoms with Crippen LogP contribution in [0.15, 0.2) is 42.5 Å². The third kappa shape index (κ3) is 5.21. The van der Waals surface area contributed by atoms with Crippen molar-refractivity contribution in [3.05, 3.63) is 64.7 Å². The van der Waals surface area contributed by atoms with E-state index in [0.29, 0.717) is 17.7 Å². The Balaban J connectivity index is 1.87. The lowest BCUT2D eigenvalue weighted by Gasteiger charge is -2.09. The topological polar surface area (TPSA) is 78.4 Å². The highest BCUT2D eigenvalue weighted by Crippen LogP contribution is 2.10. The van der Waals surface area contributed by atoms with E-state index in [1.165, 1.54) is 0 Å². The third-order valence-electron chi connectivity index (χ3n) is 3.53. The molecule has 5 nitrogen and oxygen atoms in total. The van der Waals surface area contributed by atoms with Gasteiger partial charge in [-0.05, 0) is 50.1 Å². The zero-order chi connectivity index (χ0) is 17.5. The molecule has 24 heavy (non-hydrogen) atoms. The lowest BCUT2D eigenvalue weighted by molar-refractivity contribution is -0.115. The molecule has 2 amide bonds. The minimum atomic E-state index is -0.289. The van der Waals surface area contributed by atoms with Crippen LogP contribution in [-0.2, 0) is 11.2 Å². The van der Waals surface area contributed by atoms with E-state index in [2.05, 4.69) is 10.6 Å². The summed E-state index contributed by atoms with van der Waals surface area (Å²) in [5.41, 5.74) is 4.22. The summed E-state index contributed by atoms with van der Waals surface area (Å²) in [5, 5.41) is 14.2. The van der Waals surface area contributed by atoms with Crippen LogP contribution in [0, 0.1) is 13.8 Å². The van der Waals surface area contributed by atoms with Crippen molar-refractivity contribution in [2.45, 2.75) is 20.3 Å². The van der Waals surface area contributed by atoms with Crippen LogP contribution in [0.4, 0.5) is 5.69 Å². The van der Waals surface area contributed by atoms with Crippen LogP contribution in [0.2, 0.25) is 0 Å². The van der Waals surface area contributed by atoms with Gasteiger partial charge in [0.1, 0.15) is 0 Å². The first-order chi connectivity index (χ1) is 11.5. The van der Waals surface area contributed by atoms with Crippen LogP contribution in [0.3, 0.4) is 0 Å². The molecule has 2 aromatic carbocycles. The van der Waals surface area contributed by atoms with E-state index in [-0.39, 0.29) is 25.0 Å². The molecule has 0 saturated carbocycles. The maximum absolute atomic E-state index is 12.1. The molecule has 5 heteroatoms. The summed E-state index contributed by atoms with van der Waals surface area (Å²) in [6.07, 6.45) is 0.584. The number of amides is 2. The largest absolute Gasteiger partial charge is 0.396 e. The fraction of sp³-hybridized carbons (Fsp3) is 0.263. The molecule has 0 unspecified atom stereocenters. The Bertz CT molecular complexity index is 704. The molecule has 0 aromatic heterocycles. The molecule has 0 heterocycles. The molecule has 0 radical (unpaired) electrons. The Morgan fingerprint density at radius 3 is 2.21 bits per heavy atom. The predicted octanol–water partition coefficient (Wildman–Crippen LogP) is 2.21. The van der Waals surface area contributed by atoms with Gasteiger partial charge >= 0.3 is 0 Å². The first kappa shape index (κ1) is 17.7. The second kappa shape index (κ2) is 8.26. The number of aryl methyl sites for hydroxylation is 2. The van der Waals surface area contributed by atoms with Gasteiger partial charge < -0.3 is 15.7 Å². The minimum absolute atomic E-state index is 0.0930. The average molecular weight is 326 g/mol. The molecule has 0 atom stereocenters. The van der Waals surface area contributed by atoms with Crippen molar-refractivity contribution in [2.24, 2.45) is 0 Å². The number of carbonyl (C=O) groups is 2. The fourth-order valence-corrected chi connectivity index (χ4v) is 2.46. The molecule has 0 aliphatic heterocycles. The van der Waals surface area contributed by atoms with Crippen molar-refractivity contribution in [2.75, 3.05) is 18.5 Å². The SMILES string of the molecule is Cc1cc(C)cc(C(=O)NCC(=O)Nc2ccc(CCO)cc2)c1. The Morgan fingerprint density at radius 1 is 1.00 bits per heavy atom. The molecule has 0 fully saturated rings. The number of benzene rings is 2. The third-order valence-corrected chi connectivity index (χ3v) is 3.53. The van der Waals surface area contributed by atoms with E-state index in [9.17, 15) is 9.59 Å². The van der Waals surface area contributed by atoms with Crippen molar-refractivity contribution in [3.8, 4) is 0 Å². The smallest absolute Gasteiger partial charge is 0.251 e. The highest BCUT2D eigenvalue weighted by Gasteiger charge is 2.09. The molecule has 2 aromatic rings. The molecular weight excluding hydrogens is 304 g/mol. The molecule has 0 aliphatic rings. The van der Waals surface area contributed by atoms with Crippen LogP contribution in [0.1, 0.15) is 27.0 Å². The molecule has 3 N–H and O–H groups in total. The lowest BCUT2D eigenvalue weighted by Crippen LogP contribution is -2.32. The van der Waals surface area contributed by atoms with E-state index in [4.69, 9.17) is 5.11 Å². The molecule has 2 rings (SSSR count). The molecular formula is C19H22N2O3. The summed E-state index contributed by atoms with van der Waals surface area (Å²) < 4.78 is 0. The van der Waals surface area contributed by atoms with Crippen LogP contribution >= 0.6 is 0 Å². The standard InChI is InChI=1S/C19H22N2O3/c1-13-9-14(2)11-16(10-13)19(24)20-12-18(23)21-17-5-3-15(4-6-17)7-8-22/h3-6,9-11,22H,7-8,12H2,1-2H3,(H,20,24)(H,21,23). The van der Waals surface area contributed by atoms with Gasteiger partial charge in [0.25, 0.3) is 5.91 Å². The number of nitrogens with one attached hydrogen (secondary N) is 2. The van der Waals surface area contributed by atoms with Gasteiger partial charge in [-0.2, -0.15) is 0 Å². The van der Waals surface area contributed by atoms with Gasteiger partial charge in [-0.25, -0.2) is 0 Å². The first-order valence-electron chi connectivity index (χ1n) is 7.84. The Labute approximate surface area is 141 Å². The number of anilines is 1. The molecule has 126 valence electrons. The Kier molecular flexibility index (Phi) is 6.09. The molecule has 0 spiro atoms. The number of aliphatic hydroxyl groups excluding tert-OH is 1. The van der Waals surface area contributed by atoms with Gasteiger partial charge in [0.2, 0.25) is 5.91 Å². The number of rotatable bonds is 6. The van der Waals surface area contributed by atoms with E-state index >= 15 is 0 Å². The predicted molar refractivity (Wildman–Crippen MR) is 94.1 cm³/mol. The summed E-state index contributed by atoms with van der Waals surface area (Å²) in [4.78, 5) is 24.0. The zero-order valence-corrected chi connectivity index (χ0v) is 13.9. The van der Waals surface area contributed by atoms with E-state index < -0.39 is 0 Å².